The fourth-order valence-electron chi connectivity index (χ4n) is 2.52. The van der Waals surface area contributed by atoms with Crippen molar-refractivity contribution >= 4 is 50.3 Å². The number of nitrogens with one attached hydrogen (secondary N) is 2. The number of amides is 1. The number of rotatable bonds is 8. The number of thiophene rings is 2. The van der Waals surface area contributed by atoms with Gasteiger partial charge in [-0.15, -0.1) is 22.7 Å². The Morgan fingerprint density at radius 3 is 2.31 bits per heavy atom. The zero-order valence-electron chi connectivity index (χ0n) is 15.3. The van der Waals surface area contributed by atoms with Gasteiger partial charge in [0, 0.05) is 16.1 Å². The molecule has 7 nitrogen and oxygen atoms in total. The number of methoxy groups -OCH3 is 1. The highest BCUT2D eigenvalue weighted by molar-refractivity contribution is 7.94. The molecule has 2 N–H and O–H groups in total. The zero-order valence-corrected chi connectivity index (χ0v) is 17.8. The second kappa shape index (κ2) is 9.21. The Morgan fingerprint density at radius 1 is 1.03 bits per heavy atom. The van der Waals surface area contributed by atoms with Crippen molar-refractivity contribution in [1.29, 1.82) is 0 Å². The molecule has 1 aromatic carbocycles. The van der Waals surface area contributed by atoms with E-state index in [9.17, 15) is 18.0 Å². The number of anilines is 1. The van der Waals surface area contributed by atoms with Crippen molar-refractivity contribution in [2.75, 3.05) is 11.8 Å². The van der Waals surface area contributed by atoms with Gasteiger partial charge in [-0.3, -0.25) is 14.3 Å². The predicted octanol–water partition coefficient (Wildman–Crippen LogP) is 3.64. The number of esters is 1. The Hall–Kier alpha value is -2.69. The van der Waals surface area contributed by atoms with Crippen molar-refractivity contribution in [2.24, 2.45) is 0 Å². The average molecular weight is 451 g/mol. The van der Waals surface area contributed by atoms with Crippen LogP contribution in [0.5, 0.6) is 0 Å². The number of hydrogen-bond donors (Lipinski definition) is 2. The molecule has 1 amide bonds. The van der Waals surface area contributed by atoms with Crippen LogP contribution in [0.3, 0.4) is 0 Å². The lowest BCUT2D eigenvalue weighted by Crippen LogP contribution is -2.30. The second-order valence-corrected chi connectivity index (χ2v) is 9.77. The molecule has 0 aliphatic carbocycles. The molecule has 0 unspecified atom stereocenters. The Bertz CT molecular complexity index is 1060. The minimum absolute atomic E-state index is 0.0153. The highest BCUT2D eigenvalue weighted by Crippen LogP contribution is 2.24. The van der Waals surface area contributed by atoms with E-state index in [4.69, 9.17) is 4.74 Å². The first-order chi connectivity index (χ1) is 13.9. The maximum Gasteiger partial charge on any atom is 0.307 e. The third-order valence-corrected chi connectivity index (χ3v) is 7.71. The van der Waals surface area contributed by atoms with Crippen LogP contribution in [0, 0.1) is 0 Å². The Kier molecular flexibility index (Phi) is 6.68. The molecule has 0 saturated carbocycles. The lowest BCUT2D eigenvalue weighted by molar-refractivity contribution is -0.141. The van der Waals surface area contributed by atoms with Gasteiger partial charge >= 0.3 is 5.97 Å². The maximum atomic E-state index is 12.6. The van der Waals surface area contributed by atoms with Gasteiger partial charge in [0.15, 0.2) is 0 Å². The molecular weight excluding hydrogens is 432 g/mol. The van der Waals surface area contributed by atoms with Crippen molar-refractivity contribution in [2.45, 2.75) is 16.7 Å². The molecule has 152 valence electrons. The number of ether oxygens (including phenoxy) is 1. The van der Waals surface area contributed by atoms with Gasteiger partial charge in [-0.2, -0.15) is 0 Å². The summed E-state index contributed by atoms with van der Waals surface area (Å²) >= 11 is 2.55. The van der Waals surface area contributed by atoms with Crippen molar-refractivity contribution in [3.63, 3.8) is 0 Å². The summed E-state index contributed by atoms with van der Waals surface area (Å²) in [7, 11) is -2.35. The standard InChI is InChI=1S/C19H18N2O5S3/c1-26-17(22)12-15(16-4-2-10-27-16)20-19(23)13-6-8-14(9-7-13)21-29(24,25)18-5-3-11-28-18/h2-11,15,21H,12H2,1H3,(H,20,23)/t15-/m0/s1. The van der Waals surface area contributed by atoms with Gasteiger partial charge in [-0.1, -0.05) is 12.1 Å². The van der Waals surface area contributed by atoms with Crippen LogP contribution in [0.1, 0.15) is 27.7 Å². The molecule has 0 spiro atoms. The van der Waals surface area contributed by atoms with E-state index in [1.54, 1.807) is 11.4 Å². The average Bonchev–Trinajstić information content (AvgIpc) is 3.41. The lowest BCUT2D eigenvalue weighted by Gasteiger charge is -2.16. The molecule has 0 aliphatic rings. The summed E-state index contributed by atoms with van der Waals surface area (Å²) in [5.74, 6) is -0.804. The topological polar surface area (TPSA) is 102 Å². The maximum absolute atomic E-state index is 12.6. The normalized spacial score (nSPS) is 12.2. The highest BCUT2D eigenvalue weighted by Gasteiger charge is 2.21. The zero-order chi connectivity index (χ0) is 20.9. The van der Waals surface area contributed by atoms with Crippen LogP contribution in [0.25, 0.3) is 0 Å². The summed E-state index contributed by atoms with van der Waals surface area (Å²) in [6, 6.07) is 12.4. The first kappa shape index (κ1) is 21.0. The fourth-order valence-corrected chi connectivity index (χ4v) is 5.34. The molecular formula is C19H18N2O5S3. The van der Waals surface area contributed by atoms with E-state index in [1.165, 1.54) is 48.8 Å². The van der Waals surface area contributed by atoms with Crippen LogP contribution < -0.4 is 10.0 Å². The Labute approximate surface area is 176 Å². The fraction of sp³-hybridized carbons (Fsp3) is 0.158. The summed E-state index contributed by atoms with van der Waals surface area (Å²) in [6.45, 7) is 0. The molecule has 29 heavy (non-hydrogen) atoms. The molecule has 2 aromatic heterocycles. The molecule has 0 fully saturated rings. The second-order valence-electron chi connectivity index (χ2n) is 5.94. The van der Waals surface area contributed by atoms with E-state index in [2.05, 4.69) is 10.0 Å². The number of carbonyl (C=O) groups is 2. The minimum Gasteiger partial charge on any atom is -0.469 e. The number of hydrogen-bond acceptors (Lipinski definition) is 7. The van der Waals surface area contributed by atoms with Gasteiger partial charge in [0.25, 0.3) is 15.9 Å². The molecule has 0 bridgehead atoms. The largest absolute Gasteiger partial charge is 0.469 e. The van der Waals surface area contributed by atoms with Gasteiger partial charge in [0.05, 0.1) is 19.6 Å². The van der Waals surface area contributed by atoms with E-state index < -0.39 is 22.0 Å². The number of benzene rings is 1. The summed E-state index contributed by atoms with van der Waals surface area (Å²) in [6.07, 6.45) is 0.0153. The van der Waals surface area contributed by atoms with Gasteiger partial charge < -0.3 is 10.1 Å². The Balaban J connectivity index is 1.70. The lowest BCUT2D eigenvalue weighted by atomic mass is 10.1. The van der Waals surface area contributed by atoms with Gasteiger partial charge in [-0.05, 0) is 47.2 Å². The number of sulfonamides is 1. The minimum atomic E-state index is -3.65. The summed E-state index contributed by atoms with van der Waals surface area (Å²) in [4.78, 5) is 25.1. The quantitative estimate of drug-likeness (QED) is 0.510. The summed E-state index contributed by atoms with van der Waals surface area (Å²) < 4.78 is 31.9. The van der Waals surface area contributed by atoms with Crippen molar-refractivity contribution in [1.82, 2.24) is 5.32 Å². The van der Waals surface area contributed by atoms with E-state index in [0.29, 0.717) is 11.3 Å². The van der Waals surface area contributed by atoms with Crippen LogP contribution in [0.4, 0.5) is 5.69 Å². The molecule has 3 rings (SSSR count). The molecule has 0 saturated heterocycles. The molecule has 0 radical (unpaired) electrons. The van der Waals surface area contributed by atoms with Crippen LogP contribution >= 0.6 is 22.7 Å². The number of carbonyl (C=O) groups excluding carboxylic acids is 2. The van der Waals surface area contributed by atoms with E-state index >= 15 is 0 Å². The van der Waals surface area contributed by atoms with Crippen molar-refractivity contribution < 1.29 is 22.7 Å². The first-order valence-corrected chi connectivity index (χ1v) is 11.7. The summed E-state index contributed by atoms with van der Waals surface area (Å²) in [5, 5.41) is 6.37. The van der Waals surface area contributed by atoms with Gasteiger partial charge in [-0.25, -0.2) is 8.42 Å². The molecule has 10 heteroatoms. The van der Waals surface area contributed by atoms with Crippen LogP contribution in [-0.2, 0) is 19.6 Å². The van der Waals surface area contributed by atoms with Gasteiger partial charge in [0.1, 0.15) is 4.21 Å². The van der Waals surface area contributed by atoms with Crippen LogP contribution in [0.2, 0.25) is 0 Å². The van der Waals surface area contributed by atoms with E-state index in [1.807, 2.05) is 17.5 Å². The predicted molar refractivity (Wildman–Crippen MR) is 113 cm³/mol. The summed E-state index contributed by atoms with van der Waals surface area (Å²) in [5.41, 5.74) is 0.690. The Morgan fingerprint density at radius 2 is 1.72 bits per heavy atom. The molecule has 2 heterocycles. The van der Waals surface area contributed by atoms with Gasteiger partial charge in [0.2, 0.25) is 0 Å². The third kappa shape index (κ3) is 5.43. The van der Waals surface area contributed by atoms with Crippen LogP contribution in [0.15, 0.2) is 63.5 Å². The first-order valence-electron chi connectivity index (χ1n) is 8.46. The van der Waals surface area contributed by atoms with E-state index in [0.717, 1.165) is 16.2 Å². The SMILES string of the molecule is COC(=O)C[C@H](NC(=O)c1ccc(NS(=O)(=O)c2cccs2)cc1)c1cccs1. The monoisotopic (exact) mass is 450 g/mol. The third-order valence-electron chi connectivity index (χ3n) is 3.95. The smallest absolute Gasteiger partial charge is 0.307 e. The van der Waals surface area contributed by atoms with E-state index in [-0.39, 0.29) is 16.5 Å². The molecule has 1 atom stereocenters. The van der Waals surface area contributed by atoms with Crippen molar-refractivity contribution in [3.05, 3.63) is 69.7 Å². The molecule has 0 aliphatic heterocycles. The van der Waals surface area contributed by atoms with Crippen LogP contribution in [-0.4, -0.2) is 27.4 Å². The van der Waals surface area contributed by atoms with Crippen molar-refractivity contribution in [3.8, 4) is 0 Å². The molecule has 3 aromatic rings. The highest BCUT2D eigenvalue weighted by atomic mass is 32.2.